The Morgan fingerprint density at radius 2 is 2.11 bits per heavy atom. The molecular formula is C13H14N3O2-. The second-order valence-electron chi connectivity index (χ2n) is 4.47. The van der Waals surface area contributed by atoms with Crippen molar-refractivity contribution >= 4 is 17.3 Å². The predicted octanol–water partition coefficient (Wildman–Crippen LogP) is 0.107. The van der Waals surface area contributed by atoms with Gasteiger partial charge >= 0.3 is 0 Å². The topological polar surface area (TPSA) is 93.2 Å². The highest BCUT2D eigenvalue weighted by molar-refractivity contribution is 5.69. The van der Waals surface area contributed by atoms with E-state index in [9.17, 15) is 9.90 Å². The van der Waals surface area contributed by atoms with Crippen molar-refractivity contribution in [3.05, 3.63) is 23.8 Å². The third kappa shape index (κ3) is 2.38. The highest BCUT2D eigenvalue weighted by atomic mass is 16.4. The normalized spacial score (nSPS) is 16.3. The van der Waals surface area contributed by atoms with Gasteiger partial charge < -0.3 is 20.5 Å². The highest BCUT2D eigenvalue weighted by Gasteiger charge is 2.21. The van der Waals surface area contributed by atoms with Gasteiger partial charge in [0.2, 0.25) is 0 Å². The number of nitriles is 1. The summed E-state index contributed by atoms with van der Waals surface area (Å²) in [4.78, 5) is 12.8. The van der Waals surface area contributed by atoms with Crippen LogP contribution in [0.5, 0.6) is 0 Å². The molecule has 0 aliphatic carbocycles. The SMILES string of the molecule is N#Cc1cc(N)ccc1N1CCC(C(=O)[O-])CC1. The standard InChI is InChI=1S/C13H15N3O2/c14-8-10-7-11(15)1-2-12(10)16-5-3-9(4-6-16)13(17)18/h1-2,7,9H,3-6,15H2,(H,17,18)/p-1. The second kappa shape index (κ2) is 4.96. The van der Waals surface area contributed by atoms with Gasteiger partial charge in [0.15, 0.2) is 0 Å². The predicted molar refractivity (Wildman–Crippen MR) is 65.5 cm³/mol. The number of nitrogens with two attached hydrogens (primary N) is 1. The summed E-state index contributed by atoms with van der Waals surface area (Å²) in [6.07, 6.45) is 1.11. The van der Waals surface area contributed by atoms with E-state index >= 15 is 0 Å². The Kier molecular flexibility index (Phi) is 3.38. The van der Waals surface area contributed by atoms with Crippen molar-refractivity contribution in [3.8, 4) is 6.07 Å². The minimum absolute atomic E-state index is 0.374. The molecule has 5 nitrogen and oxygen atoms in total. The Morgan fingerprint density at radius 1 is 1.44 bits per heavy atom. The molecule has 0 unspecified atom stereocenters. The van der Waals surface area contributed by atoms with Crippen molar-refractivity contribution in [1.29, 1.82) is 5.26 Å². The van der Waals surface area contributed by atoms with Crippen LogP contribution in [0.25, 0.3) is 0 Å². The van der Waals surface area contributed by atoms with Gasteiger partial charge in [-0.2, -0.15) is 5.26 Å². The maximum Gasteiger partial charge on any atom is 0.101 e. The van der Waals surface area contributed by atoms with Crippen LogP contribution >= 0.6 is 0 Å². The number of piperidine rings is 1. The Balaban J connectivity index is 2.15. The van der Waals surface area contributed by atoms with Crippen LogP contribution in [0, 0.1) is 17.2 Å². The number of carboxylic acid groups (broad SMARTS) is 1. The number of anilines is 2. The van der Waals surface area contributed by atoms with Crippen molar-refractivity contribution in [1.82, 2.24) is 0 Å². The van der Waals surface area contributed by atoms with E-state index in [4.69, 9.17) is 11.0 Å². The van der Waals surface area contributed by atoms with Crippen LogP contribution in [0.1, 0.15) is 18.4 Å². The molecule has 5 heteroatoms. The van der Waals surface area contributed by atoms with Crippen LogP contribution in [0.2, 0.25) is 0 Å². The van der Waals surface area contributed by atoms with E-state index in [2.05, 4.69) is 6.07 Å². The molecule has 1 heterocycles. The van der Waals surface area contributed by atoms with Gasteiger partial charge in [-0.15, -0.1) is 0 Å². The maximum atomic E-state index is 10.8. The number of benzene rings is 1. The summed E-state index contributed by atoms with van der Waals surface area (Å²) in [6.45, 7) is 1.24. The molecule has 1 aliphatic rings. The number of hydrogen-bond acceptors (Lipinski definition) is 5. The molecule has 0 amide bonds. The Bertz CT molecular complexity index is 499. The maximum absolute atomic E-state index is 10.8. The summed E-state index contributed by atoms with van der Waals surface area (Å²) in [7, 11) is 0. The van der Waals surface area contributed by atoms with Gasteiger partial charge in [0.05, 0.1) is 11.3 Å². The molecule has 0 spiro atoms. The largest absolute Gasteiger partial charge is 0.550 e. The lowest BCUT2D eigenvalue weighted by molar-refractivity contribution is -0.312. The van der Waals surface area contributed by atoms with E-state index in [1.54, 1.807) is 12.1 Å². The molecule has 1 aromatic rings. The van der Waals surface area contributed by atoms with Crippen LogP contribution in [0.3, 0.4) is 0 Å². The number of carbonyl (C=O) groups excluding carboxylic acids is 1. The van der Waals surface area contributed by atoms with Crippen LogP contribution in [0.4, 0.5) is 11.4 Å². The first-order valence-electron chi connectivity index (χ1n) is 5.87. The van der Waals surface area contributed by atoms with E-state index in [0.717, 1.165) is 5.69 Å². The van der Waals surface area contributed by atoms with Gasteiger partial charge in [-0.05, 0) is 31.0 Å². The Morgan fingerprint density at radius 3 is 2.67 bits per heavy atom. The lowest BCUT2D eigenvalue weighted by atomic mass is 9.96. The zero-order valence-electron chi connectivity index (χ0n) is 9.93. The van der Waals surface area contributed by atoms with Gasteiger partial charge in [-0.25, -0.2) is 0 Å². The van der Waals surface area contributed by atoms with Gasteiger partial charge in [0, 0.05) is 30.7 Å². The summed E-state index contributed by atoms with van der Waals surface area (Å²) in [5.41, 5.74) is 7.55. The fourth-order valence-corrected chi connectivity index (χ4v) is 2.28. The quantitative estimate of drug-likeness (QED) is 0.745. The van der Waals surface area contributed by atoms with Crippen molar-refractivity contribution in [2.75, 3.05) is 23.7 Å². The molecule has 1 saturated heterocycles. The minimum atomic E-state index is -0.979. The first-order valence-corrected chi connectivity index (χ1v) is 5.87. The van der Waals surface area contributed by atoms with E-state index in [1.807, 2.05) is 11.0 Å². The molecule has 1 aliphatic heterocycles. The average Bonchev–Trinajstić information content (AvgIpc) is 2.38. The van der Waals surface area contributed by atoms with E-state index in [-0.39, 0.29) is 5.92 Å². The zero-order valence-corrected chi connectivity index (χ0v) is 9.93. The molecule has 0 radical (unpaired) electrons. The van der Waals surface area contributed by atoms with Crippen LogP contribution in [-0.2, 0) is 4.79 Å². The number of nitrogen functional groups attached to an aromatic ring is 1. The lowest BCUT2D eigenvalue weighted by Gasteiger charge is -2.34. The monoisotopic (exact) mass is 244 g/mol. The molecule has 2 rings (SSSR count). The van der Waals surface area contributed by atoms with Crippen LogP contribution < -0.4 is 15.7 Å². The van der Waals surface area contributed by atoms with E-state index in [0.29, 0.717) is 37.2 Å². The Hall–Kier alpha value is -2.22. The van der Waals surface area contributed by atoms with Crippen molar-refractivity contribution in [3.63, 3.8) is 0 Å². The van der Waals surface area contributed by atoms with Gasteiger partial charge in [-0.3, -0.25) is 0 Å². The minimum Gasteiger partial charge on any atom is -0.550 e. The number of nitrogens with zero attached hydrogens (tertiary/aromatic N) is 2. The molecule has 1 fully saturated rings. The molecular weight excluding hydrogens is 230 g/mol. The average molecular weight is 244 g/mol. The third-order valence-corrected chi connectivity index (χ3v) is 3.31. The molecule has 0 bridgehead atoms. The summed E-state index contributed by atoms with van der Waals surface area (Å²) in [5, 5.41) is 19.8. The fourth-order valence-electron chi connectivity index (χ4n) is 2.28. The first kappa shape index (κ1) is 12.2. The molecule has 1 aromatic carbocycles. The number of rotatable bonds is 2. The van der Waals surface area contributed by atoms with E-state index in [1.165, 1.54) is 0 Å². The molecule has 0 aromatic heterocycles. The summed E-state index contributed by atoms with van der Waals surface area (Å²) >= 11 is 0. The number of hydrogen-bond donors (Lipinski definition) is 1. The molecule has 0 atom stereocenters. The second-order valence-corrected chi connectivity index (χ2v) is 4.47. The number of carboxylic acids is 1. The van der Waals surface area contributed by atoms with Crippen molar-refractivity contribution in [2.45, 2.75) is 12.8 Å². The summed E-state index contributed by atoms with van der Waals surface area (Å²) < 4.78 is 0. The van der Waals surface area contributed by atoms with Gasteiger partial charge in [0.25, 0.3) is 0 Å². The first-order chi connectivity index (χ1) is 8.61. The van der Waals surface area contributed by atoms with Crippen LogP contribution in [-0.4, -0.2) is 19.1 Å². The zero-order chi connectivity index (χ0) is 13.1. The van der Waals surface area contributed by atoms with Crippen molar-refractivity contribution in [2.24, 2.45) is 5.92 Å². The number of carbonyl (C=O) groups is 1. The van der Waals surface area contributed by atoms with E-state index < -0.39 is 5.97 Å². The molecule has 94 valence electrons. The highest BCUT2D eigenvalue weighted by Crippen LogP contribution is 2.27. The third-order valence-electron chi connectivity index (χ3n) is 3.31. The van der Waals surface area contributed by atoms with Gasteiger partial charge in [0.1, 0.15) is 6.07 Å². The van der Waals surface area contributed by atoms with Crippen molar-refractivity contribution < 1.29 is 9.90 Å². The van der Waals surface area contributed by atoms with Gasteiger partial charge in [-0.1, -0.05) is 0 Å². The summed E-state index contributed by atoms with van der Waals surface area (Å²) in [6, 6.07) is 7.32. The lowest BCUT2D eigenvalue weighted by Crippen LogP contribution is -2.41. The smallest absolute Gasteiger partial charge is 0.101 e. The van der Waals surface area contributed by atoms with Crippen LogP contribution in [0.15, 0.2) is 18.2 Å². The summed E-state index contributed by atoms with van der Waals surface area (Å²) in [5.74, 6) is -1.35. The fraction of sp³-hybridized carbons (Fsp3) is 0.385. The molecule has 18 heavy (non-hydrogen) atoms. The molecule has 0 saturated carbocycles. The molecule has 2 N–H and O–H groups in total. The Labute approximate surface area is 105 Å². The number of aliphatic carboxylic acids is 1.